The number of nitrogens with zero attached hydrogens (tertiary/aromatic N) is 1. The Balaban J connectivity index is 2.53. The van der Waals surface area contributed by atoms with Crippen molar-refractivity contribution in [2.24, 2.45) is 17.4 Å². The molecule has 0 saturated heterocycles. The van der Waals surface area contributed by atoms with Gasteiger partial charge in [0.1, 0.15) is 0 Å². The summed E-state index contributed by atoms with van der Waals surface area (Å²) >= 11 is 0. The van der Waals surface area contributed by atoms with Gasteiger partial charge in [0.05, 0.1) is 6.04 Å². The monoisotopic (exact) mass is 228 g/mol. The highest BCUT2D eigenvalue weighted by Gasteiger charge is 2.36. The molecule has 6 heteroatoms. The van der Waals surface area contributed by atoms with E-state index in [0.717, 1.165) is 12.8 Å². The topological polar surface area (TPSA) is 101 Å². The molecule has 2 unspecified atom stereocenters. The summed E-state index contributed by atoms with van der Waals surface area (Å²) in [4.78, 5) is 24.0. The first-order valence-corrected chi connectivity index (χ1v) is 5.49. The lowest BCUT2D eigenvalue weighted by atomic mass is 10.1. The molecule has 1 aliphatic carbocycles. The van der Waals surface area contributed by atoms with E-state index in [1.807, 2.05) is 11.9 Å². The minimum atomic E-state index is -0.819. The van der Waals surface area contributed by atoms with Gasteiger partial charge in [0, 0.05) is 12.6 Å². The van der Waals surface area contributed by atoms with Crippen LogP contribution in [0.1, 0.15) is 19.8 Å². The van der Waals surface area contributed by atoms with E-state index in [0.29, 0.717) is 12.5 Å². The highest BCUT2D eigenvalue weighted by Crippen LogP contribution is 2.35. The van der Waals surface area contributed by atoms with Crippen molar-refractivity contribution in [2.45, 2.75) is 31.8 Å². The fourth-order valence-electron chi connectivity index (χ4n) is 1.87. The minimum absolute atomic E-state index is 0.202. The SMILES string of the molecule is CC(C(=O)NC(N)=O)N(C)C(CN)C1CC1. The molecule has 5 N–H and O–H groups in total. The maximum absolute atomic E-state index is 11.6. The van der Waals surface area contributed by atoms with Crippen molar-refractivity contribution in [1.82, 2.24) is 10.2 Å². The summed E-state index contributed by atoms with van der Waals surface area (Å²) in [6.07, 6.45) is 2.33. The zero-order valence-electron chi connectivity index (χ0n) is 9.77. The minimum Gasteiger partial charge on any atom is -0.351 e. The number of amides is 3. The Hall–Kier alpha value is -1.14. The number of carbonyl (C=O) groups excluding carboxylic acids is 2. The Kier molecular flexibility index (Phi) is 4.26. The van der Waals surface area contributed by atoms with E-state index in [4.69, 9.17) is 11.5 Å². The van der Waals surface area contributed by atoms with Crippen LogP contribution in [0, 0.1) is 5.92 Å². The molecule has 3 amide bonds. The first-order chi connectivity index (χ1) is 7.47. The van der Waals surface area contributed by atoms with E-state index in [9.17, 15) is 9.59 Å². The van der Waals surface area contributed by atoms with Crippen LogP contribution in [0.15, 0.2) is 0 Å². The lowest BCUT2D eigenvalue weighted by molar-refractivity contribution is -0.125. The molecule has 92 valence electrons. The second kappa shape index (κ2) is 5.27. The normalized spacial score (nSPS) is 19.2. The molecule has 1 rings (SSSR count). The molecule has 0 aromatic carbocycles. The molecule has 0 aliphatic heterocycles. The van der Waals surface area contributed by atoms with Gasteiger partial charge < -0.3 is 11.5 Å². The fraction of sp³-hybridized carbons (Fsp3) is 0.800. The van der Waals surface area contributed by atoms with Crippen LogP contribution in [0.25, 0.3) is 0 Å². The third-order valence-electron chi connectivity index (χ3n) is 3.17. The Bertz CT molecular complexity index is 278. The van der Waals surface area contributed by atoms with Gasteiger partial charge in [-0.15, -0.1) is 0 Å². The molecule has 0 spiro atoms. The van der Waals surface area contributed by atoms with Crippen LogP contribution in [0.4, 0.5) is 4.79 Å². The lowest BCUT2D eigenvalue weighted by Gasteiger charge is -2.31. The van der Waals surface area contributed by atoms with Crippen molar-refractivity contribution in [3.05, 3.63) is 0 Å². The summed E-state index contributed by atoms with van der Waals surface area (Å²) < 4.78 is 0. The molecule has 0 heterocycles. The molecule has 2 atom stereocenters. The molecule has 6 nitrogen and oxygen atoms in total. The zero-order chi connectivity index (χ0) is 12.3. The van der Waals surface area contributed by atoms with Crippen molar-refractivity contribution in [3.8, 4) is 0 Å². The number of nitrogens with two attached hydrogens (primary N) is 2. The van der Waals surface area contributed by atoms with E-state index in [1.54, 1.807) is 6.92 Å². The highest BCUT2D eigenvalue weighted by molar-refractivity contribution is 5.96. The molecular formula is C10H20N4O2. The van der Waals surface area contributed by atoms with Crippen LogP contribution in [0.2, 0.25) is 0 Å². The molecule has 0 radical (unpaired) electrons. The summed E-state index contributed by atoms with van der Waals surface area (Å²) in [7, 11) is 1.85. The van der Waals surface area contributed by atoms with Crippen molar-refractivity contribution in [1.29, 1.82) is 0 Å². The smallest absolute Gasteiger partial charge is 0.318 e. The van der Waals surface area contributed by atoms with Crippen molar-refractivity contribution in [2.75, 3.05) is 13.6 Å². The summed E-state index contributed by atoms with van der Waals surface area (Å²) in [5.74, 6) is 0.202. The zero-order valence-corrected chi connectivity index (χ0v) is 9.77. The number of nitrogens with one attached hydrogen (secondary N) is 1. The Labute approximate surface area is 95.3 Å². The predicted octanol–water partition coefficient (Wildman–Crippen LogP) is -0.761. The number of hydrogen-bond acceptors (Lipinski definition) is 4. The van der Waals surface area contributed by atoms with E-state index in [1.165, 1.54) is 0 Å². The maximum atomic E-state index is 11.6. The third-order valence-corrected chi connectivity index (χ3v) is 3.17. The van der Waals surface area contributed by atoms with Crippen LogP contribution in [0.5, 0.6) is 0 Å². The van der Waals surface area contributed by atoms with Gasteiger partial charge in [-0.2, -0.15) is 0 Å². The fourth-order valence-corrected chi connectivity index (χ4v) is 1.87. The van der Waals surface area contributed by atoms with Crippen molar-refractivity contribution < 1.29 is 9.59 Å². The molecule has 16 heavy (non-hydrogen) atoms. The number of carbonyl (C=O) groups is 2. The van der Waals surface area contributed by atoms with Gasteiger partial charge >= 0.3 is 6.03 Å². The molecule has 0 aromatic heterocycles. The molecule has 0 aromatic rings. The summed E-state index contributed by atoms with van der Waals surface area (Å²) in [6.45, 7) is 2.26. The first-order valence-electron chi connectivity index (χ1n) is 5.49. The standard InChI is InChI=1S/C10H20N4O2/c1-6(9(15)13-10(12)16)14(2)8(5-11)7-3-4-7/h6-8H,3-5,11H2,1-2H3,(H3,12,13,15,16). The van der Waals surface area contributed by atoms with Crippen LogP contribution in [0.3, 0.4) is 0 Å². The molecule has 1 fully saturated rings. The van der Waals surface area contributed by atoms with Gasteiger partial charge in [0.2, 0.25) is 5.91 Å². The Morgan fingerprint density at radius 2 is 2.06 bits per heavy atom. The molecule has 1 saturated carbocycles. The number of primary amides is 1. The van der Waals surface area contributed by atoms with Gasteiger partial charge in [-0.05, 0) is 32.7 Å². The average Bonchev–Trinajstić information content (AvgIpc) is 3.00. The number of hydrogen-bond donors (Lipinski definition) is 3. The van der Waals surface area contributed by atoms with Gasteiger partial charge in [-0.3, -0.25) is 15.0 Å². The van der Waals surface area contributed by atoms with Gasteiger partial charge in [-0.25, -0.2) is 4.79 Å². The van der Waals surface area contributed by atoms with Gasteiger partial charge in [0.15, 0.2) is 0 Å². The third kappa shape index (κ3) is 3.18. The van der Waals surface area contributed by atoms with Crippen LogP contribution in [-0.2, 0) is 4.79 Å². The van der Waals surface area contributed by atoms with E-state index in [-0.39, 0.29) is 11.9 Å². The summed E-state index contributed by atoms with van der Waals surface area (Å²) in [5, 5.41) is 2.08. The number of imide groups is 1. The van der Waals surface area contributed by atoms with Crippen molar-refractivity contribution >= 4 is 11.9 Å². The summed E-state index contributed by atoms with van der Waals surface area (Å²) in [6, 6.07) is -1.02. The number of rotatable bonds is 5. The van der Waals surface area contributed by atoms with E-state index < -0.39 is 12.1 Å². The Morgan fingerprint density at radius 1 is 1.50 bits per heavy atom. The van der Waals surface area contributed by atoms with Crippen LogP contribution < -0.4 is 16.8 Å². The molecule has 0 bridgehead atoms. The first kappa shape index (κ1) is 12.9. The summed E-state index contributed by atoms with van der Waals surface area (Å²) in [5.41, 5.74) is 10.6. The predicted molar refractivity (Wildman–Crippen MR) is 60.5 cm³/mol. The number of urea groups is 1. The lowest BCUT2D eigenvalue weighted by Crippen LogP contribution is -2.52. The molecular weight excluding hydrogens is 208 g/mol. The largest absolute Gasteiger partial charge is 0.351 e. The molecule has 1 aliphatic rings. The number of likely N-dealkylation sites (N-methyl/N-ethyl adjacent to an activating group) is 1. The average molecular weight is 228 g/mol. The van der Waals surface area contributed by atoms with Crippen molar-refractivity contribution in [3.63, 3.8) is 0 Å². The maximum Gasteiger partial charge on any atom is 0.318 e. The van der Waals surface area contributed by atoms with E-state index in [2.05, 4.69) is 5.32 Å². The van der Waals surface area contributed by atoms with Gasteiger partial charge in [0.25, 0.3) is 0 Å². The van der Waals surface area contributed by atoms with Gasteiger partial charge in [-0.1, -0.05) is 0 Å². The second-order valence-electron chi connectivity index (χ2n) is 4.34. The second-order valence-corrected chi connectivity index (χ2v) is 4.34. The quantitative estimate of drug-likeness (QED) is 0.575. The van der Waals surface area contributed by atoms with Crippen LogP contribution in [-0.4, -0.2) is 42.5 Å². The highest BCUT2D eigenvalue weighted by atomic mass is 16.2. The van der Waals surface area contributed by atoms with E-state index >= 15 is 0 Å². The Morgan fingerprint density at radius 3 is 2.44 bits per heavy atom. The van der Waals surface area contributed by atoms with Crippen LogP contribution >= 0.6 is 0 Å².